The Morgan fingerprint density at radius 1 is 0.724 bits per heavy atom. The third-order valence-corrected chi connectivity index (χ3v) is 10.1. The molecule has 3 unspecified atom stereocenters. The molecule has 1 aliphatic heterocycles. The molecule has 0 aromatic carbocycles. The third-order valence-electron chi connectivity index (χ3n) is 10.1. The summed E-state index contributed by atoms with van der Waals surface area (Å²) in [6, 6.07) is 0.756. The molecule has 1 saturated heterocycles. The summed E-state index contributed by atoms with van der Waals surface area (Å²) < 4.78 is 0. The van der Waals surface area contributed by atoms with Gasteiger partial charge in [0, 0.05) is 17.1 Å². The Balaban J connectivity index is 2.03. The number of rotatable bonds is 3. The molecule has 0 spiro atoms. The molecule has 3 rings (SSSR count). The first-order valence-corrected chi connectivity index (χ1v) is 13.8. The van der Waals surface area contributed by atoms with Gasteiger partial charge >= 0.3 is 0 Å². The minimum absolute atomic E-state index is 0.362. The summed E-state index contributed by atoms with van der Waals surface area (Å²) >= 11 is 0. The van der Waals surface area contributed by atoms with E-state index in [1.165, 1.54) is 109 Å². The van der Waals surface area contributed by atoms with Crippen LogP contribution in [0.2, 0.25) is 0 Å². The fourth-order valence-corrected chi connectivity index (χ4v) is 8.20. The molecule has 0 aromatic rings. The molecule has 0 radical (unpaired) electrons. The van der Waals surface area contributed by atoms with Crippen molar-refractivity contribution in [3.63, 3.8) is 0 Å². The number of nitrogens with zero attached hydrogens (tertiary/aromatic N) is 1. The molecule has 170 valence electrons. The van der Waals surface area contributed by atoms with Gasteiger partial charge in [0.15, 0.2) is 0 Å². The average molecular weight is 404 g/mol. The average Bonchev–Trinajstić information content (AvgIpc) is 2.81. The first kappa shape index (κ1) is 23.6. The van der Waals surface area contributed by atoms with Gasteiger partial charge in [-0.05, 0) is 77.0 Å². The molecular formula is C28H53N. The molecule has 0 amide bonds. The quantitative estimate of drug-likeness (QED) is 0.455. The Labute approximate surface area is 183 Å². The Hall–Kier alpha value is -0.0400. The third kappa shape index (κ3) is 4.91. The van der Waals surface area contributed by atoms with Crippen molar-refractivity contribution >= 4 is 0 Å². The Morgan fingerprint density at radius 3 is 1.79 bits per heavy atom. The zero-order chi connectivity index (χ0) is 20.9. The maximum atomic E-state index is 3.16. The molecule has 3 aliphatic rings. The maximum absolute atomic E-state index is 3.16. The molecule has 0 N–H and O–H groups in total. The second-order valence-electron chi connectivity index (χ2n) is 11.6. The summed E-state index contributed by atoms with van der Waals surface area (Å²) in [7, 11) is 0. The van der Waals surface area contributed by atoms with Crippen LogP contribution in [0.1, 0.15) is 144 Å². The summed E-state index contributed by atoms with van der Waals surface area (Å²) in [4.78, 5) is 3.16. The summed E-state index contributed by atoms with van der Waals surface area (Å²) in [6.45, 7) is 12.9. The van der Waals surface area contributed by atoms with Crippen LogP contribution in [0.5, 0.6) is 0 Å². The number of likely N-dealkylation sites (tertiary alicyclic amines) is 1. The number of fused-ring (bicyclic) bond motifs is 3. The van der Waals surface area contributed by atoms with Gasteiger partial charge < -0.3 is 0 Å². The van der Waals surface area contributed by atoms with Gasteiger partial charge in [-0.25, -0.2) is 0 Å². The second kappa shape index (κ2) is 10.5. The maximum Gasteiger partial charge on any atom is 0.0220 e. The molecular weight excluding hydrogens is 350 g/mol. The van der Waals surface area contributed by atoms with Crippen LogP contribution in [-0.2, 0) is 0 Å². The Kier molecular flexibility index (Phi) is 8.57. The predicted molar refractivity (Wildman–Crippen MR) is 128 cm³/mol. The lowest BCUT2D eigenvalue weighted by Crippen LogP contribution is -2.70. The van der Waals surface area contributed by atoms with Crippen LogP contribution >= 0.6 is 0 Å². The monoisotopic (exact) mass is 403 g/mol. The molecule has 2 aliphatic carbocycles. The van der Waals surface area contributed by atoms with E-state index in [2.05, 4.69) is 39.5 Å². The van der Waals surface area contributed by atoms with Crippen molar-refractivity contribution in [2.75, 3.05) is 0 Å². The summed E-state index contributed by atoms with van der Waals surface area (Å²) in [5.41, 5.74) is 0.774. The van der Waals surface area contributed by atoms with Gasteiger partial charge in [0.1, 0.15) is 0 Å². The van der Waals surface area contributed by atoms with Crippen LogP contribution in [0.4, 0.5) is 0 Å². The highest BCUT2D eigenvalue weighted by Gasteiger charge is 2.56. The normalized spacial score (nSPS) is 38.8. The number of hydrogen-bond acceptors (Lipinski definition) is 1. The minimum Gasteiger partial charge on any atom is -0.289 e. The predicted octanol–water partition coefficient (Wildman–Crippen LogP) is 8.76. The van der Waals surface area contributed by atoms with E-state index in [9.17, 15) is 0 Å². The van der Waals surface area contributed by atoms with E-state index in [-0.39, 0.29) is 0 Å². The number of piperidine rings is 1. The van der Waals surface area contributed by atoms with Crippen LogP contribution in [0.3, 0.4) is 0 Å². The summed E-state index contributed by atoms with van der Waals surface area (Å²) in [5.74, 6) is 2.85. The van der Waals surface area contributed by atoms with Crippen molar-refractivity contribution in [1.29, 1.82) is 0 Å². The lowest BCUT2D eigenvalue weighted by molar-refractivity contribution is -0.159. The van der Waals surface area contributed by atoms with Crippen molar-refractivity contribution in [3.8, 4) is 0 Å². The molecule has 2 saturated carbocycles. The molecule has 1 heterocycles. The summed E-state index contributed by atoms with van der Waals surface area (Å²) in [5, 5.41) is 0. The van der Waals surface area contributed by atoms with E-state index in [1.54, 1.807) is 0 Å². The van der Waals surface area contributed by atoms with E-state index in [0.29, 0.717) is 11.1 Å². The zero-order valence-corrected chi connectivity index (χ0v) is 20.8. The highest BCUT2D eigenvalue weighted by Crippen LogP contribution is 2.55. The highest BCUT2D eigenvalue weighted by molar-refractivity contribution is 5.10. The van der Waals surface area contributed by atoms with Crippen molar-refractivity contribution in [2.45, 2.75) is 161 Å². The van der Waals surface area contributed by atoms with Crippen LogP contribution in [-0.4, -0.2) is 22.0 Å². The van der Waals surface area contributed by atoms with Crippen LogP contribution in [0.25, 0.3) is 0 Å². The minimum atomic E-state index is 0.362. The van der Waals surface area contributed by atoms with Crippen LogP contribution in [0.15, 0.2) is 0 Å². The molecule has 5 atom stereocenters. The van der Waals surface area contributed by atoms with Crippen molar-refractivity contribution in [3.05, 3.63) is 0 Å². The van der Waals surface area contributed by atoms with Gasteiger partial charge in [0.05, 0.1) is 0 Å². The van der Waals surface area contributed by atoms with E-state index in [4.69, 9.17) is 0 Å². The molecule has 1 nitrogen and oxygen atoms in total. The Bertz CT molecular complexity index is 481. The lowest BCUT2D eigenvalue weighted by Gasteiger charge is -2.65. The van der Waals surface area contributed by atoms with Crippen LogP contribution in [0, 0.1) is 17.8 Å². The van der Waals surface area contributed by atoms with Gasteiger partial charge in [-0.1, -0.05) is 84.5 Å². The van der Waals surface area contributed by atoms with Gasteiger partial charge in [-0.3, -0.25) is 4.90 Å². The first-order chi connectivity index (χ1) is 14.0. The van der Waals surface area contributed by atoms with Crippen molar-refractivity contribution in [1.82, 2.24) is 4.90 Å². The van der Waals surface area contributed by atoms with E-state index >= 15 is 0 Å². The highest BCUT2D eigenvalue weighted by atomic mass is 15.3. The molecule has 0 aromatic heterocycles. The Morgan fingerprint density at radius 2 is 1.21 bits per heavy atom. The largest absolute Gasteiger partial charge is 0.289 e. The fraction of sp³-hybridized carbons (Fsp3) is 1.00. The van der Waals surface area contributed by atoms with Gasteiger partial charge in [0.2, 0.25) is 0 Å². The second-order valence-corrected chi connectivity index (χ2v) is 11.6. The topological polar surface area (TPSA) is 3.24 Å². The fourth-order valence-electron chi connectivity index (χ4n) is 8.20. The lowest BCUT2D eigenvalue weighted by atomic mass is 9.57. The van der Waals surface area contributed by atoms with Crippen molar-refractivity contribution < 1.29 is 0 Å². The van der Waals surface area contributed by atoms with Crippen LogP contribution < -0.4 is 0 Å². The molecule has 29 heavy (non-hydrogen) atoms. The number of hydrogen-bond donors (Lipinski definition) is 0. The van der Waals surface area contributed by atoms with Gasteiger partial charge in [0.25, 0.3) is 0 Å². The van der Waals surface area contributed by atoms with Gasteiger partial charge in [-0.15, -0.1) is 0 Å². The van der Waals surface area contributed by atoms with E-state index in [1.807, 2.05) is 0 Å². The zero-order valence-electron chi connectivity index (χ0n) is 20.8. The SMILES string of the molecule is CCC(C)(CC)N1[C@H](C)C2CCCCCCCCC2C2CCCCCCC[C@]21C. The summed E-state index contributed by atoms with van der Waals surface area (Å²) in [6.07, 6.45) is 24.9. The van der Waals surface area contributed by atoms with E-state index < -0.39 is 0 Å². The first-order valence-electron chi connectivity index (χ1n) is 13.8. The molecule has 3 fully saturated rings. The standard InChI is InChI=1S/C28H53N/c1-6-27(4,7-2)29-23(3)24-19-15-11-8-9-12-16-20-25(24)26-21-17-13-10-14-18-22-28(26,29)5/h23-26H,6-22H2,1-5H3/t23-,24?,25?,26?,28-/m1/s1. The van der Waals surface area contributed by atoms with Gasteiger partial charge in [-0.2, -0.15) is 0 Å². The smallest absolute Gasteiger partial charge is 0.0220 e. The molecule has 0 bridgehead atoms. The molecule has 1 heteroatoms. The van der Waals surface area contributed by atoms with E-state index in [0.717, 1.165) is 23.8 Å². The van der Waals surface area contributed by atoms with Crippen molar-refractivity contribution in [2.24, 2.45) is 17.8 Å².